The Kier molecular flexibility index (Phi) is 7.73. The van der Waals surface area contributed by atoms with Gasteiger partial charge in [-0.25, -0.2) is 13.2 Å². The second-order valence-electron chi connectivity index (χ2n) is 10.1. The number of esters is 1. The Morgan fingerprint density at radius 2 is 1.59 bits per heavy atom. The summed E-state index contributed by atoms with van der Waals surface area (Å²) in [6.45, 7) is 5.86. The maximum Gasteiger partial charge on any atom is 0.410 e. The molecule has 0 aromatic carbocycles. The fourth-order valence-corrected chi connectivity index (χ4v) is 6.54. The molecule has 0 spiro atoms. The van der Waals surface area contributed by atoms with E-state index in [2.05, 4.69) is 0 Å². The van der Waals surface area contributed by atoms with E-state index in [0.29, 0.717) is 32.4 Å². The minimum absolute atomic E-state index is 0.00763. The molecule has 0 aromatic rings. The van der Waals surface area contributed by atoms with Crippen molar-refractivity contribution in [3.05, 3.63) is 0 Å². The number of piperidine rings is 1. The molecule has 2 aliphatic heterocycles. The van der Waals surface area contributed by atoms with Gasteiger partial charge in [0, 0.05) is 25.2 Å². The number of hydrogen-bond acceptors (Lipinski definition) is 7. The Hall–Kier alpha value is -1.84. The van der Waals surface area contributed by atoms with Crippen molar-refractivity contribution < 1.29 is 32.3 Å². The number of sulfone groups is 1. The summed E-state index contributed by atoms with van der Waals surface area (Å²) >= 11 is 0. The minimum Gasteiger partial charge on any atom is -0.455 e. The third-order valence-electron chi connectivity index (χ3n) is 6.43. The first kappa shape index (κ1) is 24.8. The van der Waals surface area contributed by atoms with Crippen LogP contribution in [0.2, 0.25) is 0 Å². The standard InChI is InChI=1S/C22H36N2O7S/c1-22(2,3)31-21(27)23-11-8-16(9-12-23)20(26)30-14-19(25)24(17-6-4-5-7-17)18-10-13-32(28,29)15-18/h16-18H,4-15H2,1-3H3. The summed E-state index contributed by atoms with van der Waals surface area (Å²) in [6, 6.07) is -0.303. The molecule has 1 unspecified atom stereocenters. The number of nitrogens with zero attached hydrogens (tertiary/aromatic N) is 2. The van der Waals surface area contributed by atoms with Crippen LogP contribution >= 0.6 is 0 Å². The van der Waals surface area contributed by atoms with E-state index in [1.807, 2.05) is 20.8 Å². The molecule has 1 atom stereocenters. The minimum atomic E-state index is -3.12. The van der Waals surface area contributed by atoms with Crippen LogP contribution in [0, 0.1) is 5.92 Å². The molecule has 3 rings (SSSR count). The molecule has 3 fully saturated rings. The fourth-order valence-electron chi connectivity index (χ4n) is 4.83. The van der Waals surface area contributed by atoms with Crippen molar-refractivity contribution in [2.45, 2.75) is 83.4 Å². The predicted molar refractivity (Wildman–Crippen MR) is 118 cm³/mol. The highest BCUT2D eigenvalue weighted by Crippen LogP contribution is 2.29. The van der Waals surface area contributed by atoms with Crippen LogP contribution in [0.4, 0.5) is 4.79 Å². The molecular formula is C22H36N2O7S. The third-order valence-corrected chi connectivity index (χ3v) is 8.18. The largest absolute Gasteiger partial charge is 0.455 e. The number of ether oxygens (including phenoxy) is 2. The van der Waals surface area contributed by atoms with Crippen molar-refractivity contribution in [1.82, 2.24) is 9.80 Å². The van der Waals surface area contributed by atoms with E-state index in [-0.39, 0.29) is 42.0 Å². The van der Waals surface area contributed by atoms with Crippen molar-refractivity contribution in [3.63, 3.8) is 0 Å². The van der Waals surface area contributed by atoms with E-state index in [0.717, 1.165) is 25.7 Å². The molecule has 182 valence electrons. The highest BCUT2D eigenvalue weighted by Gasteiger charge is 2.39. The van der Waals surface area contributed by atoms with Gasteiger partial charge in [0.2, 0.25) is 0 Å². The Bertz CT molecular complexity index is 807. The van der Waals surface area contributed by atoms with E-state index in [1.165, 1.54) is 0 Å². The maximum absolute atomic E-state index is 13.0. The van der Waals surface area contributed by atoms with Crippen molar-refractivity contribution >= 4 is 27.8 Å². The normalized spacial score (nSPS) is 24.3. The van der Waals surface area contributed by atoms with Crippen LogP contribution in [-0.2, 0) is 28.9 Å². The quantitative estimate of drug-likeness (QED) is 0.564. The number of hydrogen-bond donors (Lipinski definition) is 0. The van der Waals surface area contributed by atoms with Crippen molar-refractivity contribution in [1.29, 1.82) is 0 Å². The molecule has 32 heavy (non-hydrogen) atoms. The van der Waals surface area contributed by atoms with Crippen LogP contribution in [0.5, 0.6) is 0 Å². The van der Waals surface area contributed by atoms with Crippen LogP contribution < -0.4 is 0 Å². The van der Waals surface area contributed by atoms with Crippen LogP contribution in [0.1, 0.15) is 65.7 Å². The second-order valence-corrected chi connectivity index (χ2v) is 12.4. The summed E-state index contributed by atoms with van der Waals surface area (Å²) in [5, 5.41) is 0. The molecule has 9 nitrogen and oxygen atoms in total. The van der Waals surface area contributed by atoms with Crippen LogP contribution in [0.3, 0.4) is 0 Å². The summed E-state index contributed by atoms with van der Waals surface area (Å²) in [5.41, 5.74) is -0.572. The predicted octanol–water partition coefficient (Wildman–Crippen LogP) is 2.14. The van der Waals surface area contributed by atoms with Gasteiger partial charge in [0.1, 0.15) is 5.60 Å². The zero-order chi connectivity index (χ0) is 23.5. The van der Waals surface area contributed by atoms with E-state index >= 15 is 0 Å². The topological polar surface area (TPSA) is 110 Å². The summed E-state index contributed by atoms with van der Waals surface area (Å²) < 4.78 is 34.6. The van der Waals surface area contributed by atoms with Gasteiger partial charge in [0.15, 0.2) is 16.4 Å². The van der Waals surface area contributed by atoms with E-state index < -0.39 is 27.5 Å². The lowest BCUT2D eigenvalue weighted by Crippen LogP contribution is -2.49. The SMILES string of the molecule is CC(C)(C)OC(=O)N1CCC(C(=O)OCC(=O)N(C2CCCC2)C2CCS(=O)(=O)C2)CC1. The van der Waals surface area contributed by atoms with Gasteiger partial charge in [0.25, 0.3) is 5.91 Å². The molecule has 1 saturated carbocycles. The molecule has 2 saturated heterocycles. The molecular weight excluding hydrogens is 436 g/mol. The van der Waals surface area contributed by atoms with Gasteiger partial charge in [-0.1, -0.05) is 12.8 Å². The number of amides is 2. The smallest absolute Gasteiger partial charge is 0.410 e. The molecule has 0 aromatic heterocycles. The van der Waals surface area contributed by atoms with E-state index in [9.17, 15) is 22.8 Å². The van der Waals surface area contributed by atoms with Crippen molar-refractivity contribution in [2.75, 3.05) is 31.2 Å². The van der Waals surface area contributed by atoms with Gasteiger partial charge >= 0.3 is 12.1 Å². The molecule has 0 N–H and O–H groups in total. The van der Waals surface area contributed by atoms with Gasteiger partial charge in [-0.05, 0) is 52.9 Å². The lowest BCUT2D eigenvalue weighted by atomic mass is 9.97. The summed E-state index contributed by atoms with van der Waals surface area (Å²) in [5.74, 6) is -1.02. The lowest BCUT2D eigenvalue weighted by molar-refractivity contribution is -0.158. The van der Waals surface area contributed by atoms with Gasteiger partial charge in [-0.15, -0.1) is 0 Å². The van der Waals surface area contributed by atoms with Crippen LogP contribution in [-0.4, -0.2) is 85.1 Å². The van der Waals surface area contributed by atoms with Crippen LogP contribution in [0.25, 0.3) is 0 Å². The van der Waals surface area contributed by atoms with E-state index in [1.54, 1.807) is 9.80 Å². The van der Waals surface area contributed by atoms with Crippen molar-refractivity contribution in [2.24, 2.45) is 5.92 Å². The fraction of sp³-hybridized carbons (Fsp3) is 0.864. The monoisotopic (exact) mass is 472 g/mol. The number of carbonyl (C=O) groups is 3. The first-order chi connectivity index (χ1) is 15.0. The zero-order valence-electron chi connectivity index (χ0n) is 19.4. The molecule has 3 aliphatic rings. The Morgan fingerprint density at radius 1 is 0.969 bits per heavy atom. The van der Waals surface area contributed by atoms with Gasteiger partial charge in [-0.2, -0.15) is 0 Å². The average molecular weight is 473 g/mol. The second kappa shape index (κ2) is 9.97. The van der Waals surface area contributed by atoms with Gasteiger partial charge < -0.3 is 19.3 Å². The lowest BCUT2D eigenvalue weighted by Gasteiger charge is -2.34. The van der Waals surface area contributed by atoms with Crippen molar-refractivity contribution in [3.8, 4) is 0 Å². The number of likely N-dealkylation sites (tertiary alicyclic amines) is 1. The molecule has 0 bridgehead atoms. The number of carbonyl (C=O) groups excluding carboxylic acids is 3. The Balaban J connectivity index is 1.50. The van der Waals surface area contributed by atoms with E-state index in [4.69, 9.17) is 9.47 Å². The Labute approximate surface area is 190 Å². The summed E-state index contributed by atoms with van der Waals surface area (Å²) in [4.78, 5) is 41.0. The summed E-state index contributed by atoms with van der Waals surface area (Å²) in [6.07, 6.45) is 4.73. The third kappa shape index (κ3) is 6.59. The number of rotatable bonds is 5. The Morgan fingerprint density at radius 3 is 2.12 bits per heavy atom. The van der Waals surface area contributed by atoms with Gasteiger partial charge in [0.05, 0.1) is 17.4 Å². The average Bonchev–Trinajstić information content (AvgIpc) is 3.35. The van der Waals surface area contributed by atoms with Gasteiger partial charge in [-0.3, -0.25) is 9.59 Å². The van der Waals surface area contributed by atoms with Crippen LogP contribution in [0.15, 0.2) is 0 Å². The zero-order valence-corrected chi connectivity index (χ0v) is 20.2. The first-order valence-corrected chi connectivity index (χ1v) is 13.4. The maximum atomic E-state index is 13.0. The molecule has 2 heterocycles. The highest BCUT2D eigenvalue weighted by atomic mass is 32.2. The molecule has 1 aliphatic carbocycles. The molecule has 10 heteroatoms. The molecule has 2 amide bonds. The first-order valence-electron chi connectivity index (χ1n) is 11.6. The summed E-state index contributed by atoms with van der Waals surface area (Å²) in [7, 11) is -3.12. The highest BCUT2D eigenvalue weighted by molar-refractivity contribution is 7.91. The molecule has 0 radical (unpaired) electrons.